The highest BCUT2D eigenvalue weighted by Crippen LogP contribution is 2.60. The summed E-state index contributed by atoms with van der Waals surface area (Å²) in [6.45, 7) is 6.02. The third-order valence-corrected chi connectivity index (χ3v) is 9.50. The predicted octanol–water partition coefficient (Wildman–Crippen LogP) is 3.83. The molecule has 5 saturated carbocycles. The first-order chi connectivity index (χ1) is 14.3. The van der Waals surface area contributed by atoms with E-state index in [9.17, 15) is 0 Å². The van der Waals surface area contributed by atoms with Crippen molar-refractivity contribution in [2.75, 3.05) is 31.1 Å². The summed E-state index contributed by atoms with van der Waals surface area (Å²) in [4.78, 5) is 5.35. The zero-order valence-electron chi connectivity index (χ0n) is 17.9. The molecule has 0 aromatic carbocycles. The highest BCUT2D eigenvalue weighted by molar-refractivity contribution is 5.35. The predicted molar refractivity (Wildman–Crippen MR) is 114 cm³/mol. The first-order valence-corrected chi connectivity index (χ1v) is 12.7. The van der Waals surface area contributed by atoms with Crippen LogP contribution in [0.4, 0.5) is 5.95 Å². The van der Waals surface area contributed by atoms with E-state index in [1.165, 1.54) is 109 Å². The van der Waals surface area contributed by atoms with Gasteiger partial charge in [0.1, 0.15) is 5.82 Å². The molecule has 2 saturated heterocycles. The van der Waals surface area contributed by atoms with Crippen molar-refractivity contribution < 1.29 is 0 Å². The van der Waals surface area contributed by atoms with Gasteiger partial charge in [0.25, 0.3) is 0 Å². The second-order valence-corrected chi connectivity index (χ2v) is 11.7. The Morgan fingerprint density at radius 2 is 1.59 bits per heavy atom. The molecule has 29 heavy (non-hydrogen) atoms. The van der Waals surface area contributed by atoms with Crippen LogP contribution in [-0.2, 0) is 12.0 Å². The minimum atomic E-state index is 0.363. The van der Waals surface area contributed by atoms with Crippen LogP contribution in [0, 0.1) is 23.7 Å². The van der Waals surface area contributed by atoms with E-state index in [0.29, 0.717) is 5.41 Å². The summed E-state index contributed by atoms with van der Waals surface area (Å²) in [6.07, 6.45) is 15.7. The Kier molecular flexibility index (Phi) is 3.91. The van der Waals surface area contributed by atoms with Crippen LogP contribution in [0.1, 0.15) is 76.5 Å². The molecule has 5 aliphatic carbocycles. The number of nitrogens with zero attached hydrogens (tertiary/aromatic N) is 5. The van der Waals surface area contributed by atoms with Crippen molar-refractivity contribution >= 4 is 5.95 Å². The molecule has 7 aliphatic rings. The molecular formula is C24H37N5. The van der Waals surface area contributed by atoms with Crippen molar-refractivity contribution in [1.29, 1.82) is 0 Å². The van der Waals surface area contributed by atoms with Gasteiger partial charge in [0.2, 0.25) is 5.95 Å². The van der Waals surface area contributed by atoms with Crippen LogP contribution >= 0.6 is 0 Å². The summed E-state index contributed by atoms with van der Waals surface area (Å²) in [6, 6.07) is 0.742. The third kappa shape index (κ3) is 2.90. The summed E-state index contributed by atoms with van der Waals surface area (Å²) in [7, 11) is 0. The Labute approximate surface area is 175 Å². The zero-order chi connectivity index (χ0) is 19.0. The monoisotopic (exact) mass is 395 g/mol. The van der Waals surface area contributed by atoms with E-state index in [-0.39, 0.29) is 0 Å². The summed E-state index contributed by atoms with van der Waals surface area (Å²) < 4.78 is 2.66. The van der Waals surface area contributed by atoms with Gasteiger partial charge in [-0.05, 0) is 94.4 Å². The second-order valence-electron chi connectivity index (χ2n) is 11.7. The molecule has 1 atom stereocenters. The summed E-state index contributed by atoms with van der Waals surface area (Å²) >= 11 is 0. The fourth-order valence-electron chi connectivity index (χ4n) is 8.37. The van der Waals surface area contributed by atoms with Crippen LogP contribution in [0.5, 0.6) is 0 Å². The number of hydrogen-bond donors (Lipinski definition) is 0. The van der Waals surface area contributed by atoms with Crippen LogP contribution in [0.2, 0.25) is 0 Å². The van der Waals surface area contributed by atoms with E-state index in [2.05, 4.69) is 14.4 Å². The van der Waals surface area contributed by atoms with Crippen LogP contribution in [-0.4, -0.2) is 51.9 Å². The Bertz CT molecular complexity index is 745. The quantitative estimate of drug-likeness (QED) is 0.776. The highest BCUT2D eigenvalue weighted by atomic mass is 15.4. The number of anilines is 1. The molecule has 2 aliphatic heterocycles. The van der Waals surface area contributed by atoms with Gasteiger partial charge < -0.3 is 4.90 Å². The van der Waals surface area contributed by atoms with Gasteiger partial charge in [-0.1, -0.05) is 6.42 Å². The first-order valence-electron chi connectivity index (χ1n) is 12.7. The number of aromatic nitrogens is 3. The van der Waals surface area contributed by atoms with Gasteiger partial charge in [-0.15, -0.1) is 10.2 Å². The van der Waals surface area contributed by atoms with E-state index in [1.807, 2.05) is 0 Å². The van der Waals surface area contributed by atoms with Crippen molar-refractivity contribution in [2.45, 2.75) is 88.6 Å². The molecule has 0 amide bonds. The molecule has 0 radical (unpaired) electrons. The fourth-order valence-corrected chi connectivity index (χ4v) is 8.37. The lowest BCUT2D eigenvalue weighted by atomic mass is 9.49. The zero-order valence-corrected chi connectivity index (χ0v) is 17.9. The molecule has 7 fully saturated rings. The van der Waals surface area contributed by atoms with Crippen molar-refractivity contribution in [1.82, 2.24) is 19.7 Å². The molecule has 5 heteroatoms. The van der Waals surface area contributed by atoms with Crippen LogP contribution in [0.15, 0.2) is 0 Å². The van der Waals surface area contributed by atoms with Crippen LogP contribution in [0.3, 0.4) is 0 Å². The minimum Gasteiger partial charge on any atom is -0.338 e. The van der Waals surface area contributed by atoms with Crippen LogP contribution in [0.25, 0.3) is 0 Å². The first kappa shape index (κ1) is 17.6. The molecule has 4 bridgehead atoms. The molecule has 0 spiro atoms. The molecule has 1 aromatic rings. The molecule has 0 N–H and O–H groups in total. The number of rotatable bonds is 4. The number of piperidine rings is 1. The molecule has 1 unspecified atom stereocenters. The standard InChI is InChI=1S/C24H37N5/c1-2-6-27-7-8-28(16-21(27)3-1)23-26-25-22(29(23)15-17-4-5-17)24-12-18-9-19(13-24)11-20(10-18)14-24/h17-21H,1-16H2. The average molecular weight is 396 g/mol. The normalized spacial score (nSPS) is 41.7. The van der Waals surface area contributed by atoms with Crippen molar-refractivity contribution in [3.05, 3.63) is 5.82 Å². The smallest absolute Gasteiger partial charge is 0.227 e. The van der Waals surface area contributed by atoms with Gasteiger partial charge >= 0.3 is 0 Å². The third-order valence-electron chi connectivity index (χ3n) is 9.50. The number of fused-ring (bicyclic) bond motifs is 1. The average Bonchev–Trinajstić information content (AvgIpc) is 3.43. The molecular weight excluding hydrogens is 358 g/mol. The maximum absolute atomic E-state index is 5.02. The van der Waals surface area contributed by atoms with Crippen molar-refractivity contribution in [3.8, 4) is 0 Å². The fraction of sp³-hybridized carbons (Fsp3) is 0.917. The lowest BCUT2D eigenvalue weighted by Gasteiger charge is -2.56. The van der Waals surface area contributed by atoms with Gasteiger partial charge in [-0.2, -0.15) is 0 Å². The van der Waals surface area contributed by atoms with Crippen LogP contribution < -0.4 is 4.90 Å². The van der Waals surface area contributed by atoms with Gasteiger partial charge in [-0.3, -0.25) is 9.47 Å². The van der Waals surface area contributed by atoms with Crippen molar-refractivity contribution in [3.63, 3.8) is 0 Å². The molecule has 158 valence electrons. The summed E-state index contributed by atoms with van der Waals surface area (Å²) in [5.74, 6) is 6.44. The minimum absolute atomic E-state index is 0.363. The lowest BCUT2D eigenvalue weighted by molar-refractivity contribution is -0.0112. The Morgan fingerprint density at radius 3 is 2.31 bits per heavy atom. The highest BCUT2D eigenvalue weighted by Gasteiger charge is 2.54. The second kappa shape index (κ2) is 6.45. The molecule has 1 aromatic heterocycles. The van der Waals surface area contributed by atoms with Gasteiger partial charge in [0, 0.05) is 37.6 Å². The molecule has 8 rings (SSSR count). The van der Waals surface area contributed by atoms with Crippen molar-refractivity contribution in [2.24, 2.45) is 23.7 Å². The Balaban J connectivity index is 1.23. The van der Waals surface area contributed by atoms with E-state index in [4.69, 9.17) is 10.2 Å². The van der Waals surface area contributed by atoms with Gasteiger partial charge in [-0.25, -0.2) is 0 Å². The SMILES string of the molecule is C1CCN2CCN(c3nnc(C45CC6CC(CC(C6)C4)C5)n3CC3CC3)CC2C1. The number of hydrogen-bond acceptors (Lipinski definition) is 4. The lowest BCUT2D eigenvalue weighted by Crippen LogP contribution is -2.55. The Hall–Kier alpha value is -1.10. The van der Waals surface area contributed by atoms with E-state index < -0.39 is 0 Å². The maximum Gasteiger partial charge on any atom is 0.227 e. The van der Waals surface area contributed by atoms with Gasteiger partial charge in [0.15, 0.2) is 0 Å². The maximum atomic E-state index is 5.02. The van der Waals surface area contributed by atoms with Gasteiger partial charge in [0.05, 0.1) is 0 Å². The largest absolute Gasteiger partial charge is 0.338 e. The van der Waals surface area contributed by atoms with E-state index in [1.54, 1.807) is 0 Å². The molecule has 5 nitrogen and oxygen atoms in total. The topological polar surface area (TPSA) is 37.2 Å². The number of piperazine rings is 1. The summed E-state index contributed by atoms with van der Waals surface area (Å²) in [5.41, 5.74) is 0.363. The Morgan fingerprint density at radius 1 is 0.828 bits per heavy atom. The van der Waals surface area contributed by atoms with E-state index >= 15 is 0 Å². The van der Waals surface area contributed by atoms with E-state index in [0.717, 1.165) is 36.3 Å². The summed E-state index contributed by atoms with van der Waals surface area (Å²) in [5, 5.41) is 9.96. The molecule has 3 heterocycles.